The Morgan fingerprint density at radius 1 is 1.28 bits per heavy atom. The number of aliphatic hydroxyl groups is 1. The molecule has 1 amide bonds. The van der Waals surface area contributed by atoms with Crippen LogP contribution in [0.5, 0.6) is 5.75 Å². The molecule has 0 bridgehead atoms. The van der Waals surface area contributed by atoms with Crippen LogP contribution in [0.1, 0.15) is 29.3 Å². The monoisotopic (exact) mass is 493 g/mol. The van der Waals surface area contributed by atoms with Crippen LogP contribution in [0.4, 0.5) is 4.39 Å². The molecule has 4 aromatic rings. The zero-order valence-corrected chi connectivity index (χ0v) is 20.5. The first-order valence-electron chi connectivity index (χ1n) is 11.9. The van der Waals surface area contributed by atoms with Crippen LogP contribution in [0, 0.1) is 19.7 Å². The summed E-state index contributed by atoms with van der Waals surface area (Å²) < 4.78 is 26.3. The first-order chi connectivity index (χ1) is 17.3. The van der Waals surface area contributed by atoms with Crippen molar-refractivity contribution >= 4 is 17.1 Å². The van der Waals surface area contributed by atoms with E-state index in [1.807, 2.05) is 30.5 Å². The van der Waals surface area contributed by atoms with E-state index in [0.29, 0.717) is 55.1 Å². The predicted octanol–water partition coefficient (Wildman–Crippen LogP) is 3.23. The van der Waals surface area contributed by atoms with Crippen molar-refractivity contribution in [2.45, 2.75) is 45.8 Å². The number of aryl methyl sites for hydroxylation is 4. The number of aromatic nitrogens is 4. The van der Waals surface area contributed by atoms with E-state index in [1.165, 1.54) is 13.2 Å². The Morgan fingerprint density at radius 2 is 2.11 bits per heavy atom. The number of halogens is 1. The number of methoxy groups -OCH3 is 1. The molecule has 3 aromatic heterocycles. The maximum absolute atomic E-state index is 14.2. The minimum atomic E-state index is -0.492. The highest BCUT2D eigenvalue weighted by Gasteiger charge is 2.26. The minimum Gasteiger partial charge on any atom is -0.494 e. The van der Waals surface area contributed by atoms with Crippen LogP contribution >= 0.6 is 0 Å². The van der Waals surface area contributed by atoms with E-state index in [0.717, 1.165) is 22.4 Å². The van der Waals surface area contributed by atoms with Crippen molar-refractivity contribution in [3.63, 3.8) is 0 Å². The number of benzene rings is 1. The Morgan fingerprint density at radius 3 is 2.78 bits per heavy atom. The lowest BCUT2D eigenvalue weighted by atomic mass is 10.1. The number of aliphatic hydroxyl groups excluding tert-OH is 1. The van der Waals surface area contributed by atoms with Crippen molar-refractivity contribution in [3.8, 4) is 16.9 Å². The highest BCUT2D eigenvalue weighted by Crippen LogP contribution is 2.29. The number of carbonyl (C=O) groups excluding carboxylic acids is 1. The molecule has 1 saturated heterocycles. The molecule has 1 aliphatic rings. The lowest BCUT2D eigenvalue weighted by Gasteiger charge is -2.17. The fourth-order valence-electron chi connectivity index (χ4n) is 4.77. The van der Waals surface area contributed by atoms with Gasteiger partial charge in [0.25, 0.3) is 0 Å². The average Bonchev–Trinajstić information content (AvgIpc) is 3.54. The smallest absolute Gasteiger partial charge is 0.242 e. The van der Waals surface area contributed by atoms with Gasteiger partial charge in [-0.25, -0.2) is 14.4 Å². The van der Waals surface area contributed by atoms with Crippen LogP contribution in [0.3, 0.4) is 0 Å². The van der Waals surface area contributed by atoms with Crippen LogP contribution in [0.15, 0.2) is 35.0 Å². The molecule has 5 rings (SSSR count). The van der Waals surface area contributed by atoms with Crippen molar-refractivity contribution in [3.05, 3.63) is 59.1 Å². The topological polar surface area (TPSA) is 107 Å². The SMILES string of the molecule is COc1ccc(CCc2nc3cc(-c4c(C)noc4C)cnc3n2CC(=O)N2CCC(O)C2)cc1F. The number of pyridine rings is 1. The molecule has 0 aliphatic carbocycles. The van der Waals surface area contributed by atoms with Gasteiger partial charge in [0.15, 0.2) is 17.2 Å². The summed E-state index contributed by atoms with van der Waals surface area (Å²) in [6, 6.07) is 6.80. The van der Waals surface area contributed by atoms with Gasteiger partial charge in [0.1, 0.15) is 23.6 Å². The quantitative estimate of drug-likeness (QED) is 0.421. The summed E-state index contributed by atoms with van der Waals surface area (Å²) >= 11 is 0. The zero-order valence-electron chi connectivity index (χ0n) is 20.5. The van der Waals surface area contributed by atoms with Crippen molar-refractivity contribution in [1.29, 1.82) is 0 Å². The lowest BCUT2D eigenvalue weighted by molar-refractivity contribution is -0.131. The fourth-order valence-corrected chi connectivity index (χ4v) is 4.77. The van der Waals surface area contributed by atoms with Gasteiger partial charge in [-0.1, -0.05) is 11.2 Å². The van der Waals surface area contributed by atoms with E-state index in [9.17, 15) is 14.3 Å². The largest absolute Gasteiger partial charge is 0.494 e. The van der Waals surface area contributed by atoms with Crippen molar-refractivity contribution in [2.24, 2.45) is 0 Å². The maximum Gasteiger partial charge on any atom is 0.242 e. The number of ether oxygens (including phenoxy) is 1. The molecule has 1 N–H and O–H groups in total. The lowest BCUT2D eigenvalue weighted by Crippen LogP contribution is -2.33. The van der Waals surface area contributed by atoms with Gasteiger partial charge in [0.2, 0.25) is 5.91 Å². The molecule has 1 unspecified atom stereocenters. The van der Waals surface area contributed by atoms with E-state index < -0.39 is 11.9 Å². The van der Waals surface area contributed by atoms with Gasteiger partial charge < -0.3 is 23.8 Å². The highest BCUT2D eigenvalue weighted by atomic mass is 19.1. The third kappa shape index (κ3) is 4.56. The number of imidazole rings is 1. The molecule has 36 heavy (non-hydrogen) atoms. The Balaban J connectivity index is 1.49. The number of carbonyl (C=O) groups is 1. The third-order valence-electron chi connectivity index (χ3n) is 6.65. The fraction of sp³-hybridized carbons (Fsp3) is 0.385. The predicted molar refractivity (Wildman–Crippen MR) is 130 cm³/mol. The molecule has 0 saturated carbocycles. The summed E-state index contributed by atoms with van der Waals surface area (Å²) in [6.45, 7) is 4.64. The van der Waals surface area contributed by atoms with Crippen LogP contribution in [-0.2, 0) is 24.2 Å². The summed E-state index contributed by atoms with van der Waals surface area (Å²) in [5, 5.41) is 13.9. The minimum absolute atomic E-state index is 0.0627. The second-order valence-corrected chi connectivity index (χ2v) is 9.13. The number of hydrogen-bond donors (Lipinski definition) is 1. The molecule has 1 atom stereocenters. The molecule has 188 valence electrons. The van der Waals surface area contributed by atoms with E-state index in [4.69, 9.17) is 14.2 Å². The van der Waals surface area contributed by atoms with Crippen LogP contribution in [0.25, 0.3) is 22.3 Å². The van der Waals surface area contributed by atoms with E-state index in [-0.39, 0.29) is 18.2 Å². The van der Waals surface area contributed by atoms with Gasteiger partial charge in [-0.15, -0.1) is 0 Å². The standard InChI is InChI=1S/C26H28FN5O4/c1-15-25(16(2)36-30-15)18-11-21-26(28-12-18)32(14-24(34)31-9-8-19(33)13-31)23(29-21)7-5-17-4-6-22(35-3)20(27)10-17/h4,6,10-12,19,33H,5,7-9,13-14H2,1-3H3. The van der Waals surface area contributed by atoms with Crippen LogP contribution in [0.2, 0.25) is 0 Å². The first kappa shape index (κ1) is 23.9. The number of amides is 1. The van der Waals surface area contributed by atoms with Gasteiger partial charge >= 0.3 is 0 Å². The van der Waals surface area contributed by atoms with Gasteiger partial charge in [0, 0.05) is 36.8 Å². The van der Waals surface area contributed by atoms with Crippen molar-refractivity contribution < 1.29 is 23.6 Å². The van der Waals surface area contributed by atoms with Gasteiger partial charge in [-0.05, 0) is 50.5 Å². The second-order valence-electron chi connectivity index (χ2n) is 9.13. The zero-order chi connectivity index (χ0) is 25.4. The molecule has 1 fully saturated rings. The number of β-amino-alcohol motifs (C(OH)–C–C–N with tert-alkyl or cyclic N) is 1. The summed E-state index contributed by atoms with van der Waals surface area (Å²) in [5.74, 6) is 1.05. The van der Waals surface area contributed by atoms with Crippen molar-refractivity contribution in [1.82, 2.24) is 24.6 Å². The van der Waals surface area contributed by atoms with E-state index in [2.05, 4.69) is 10.1 Å². The number of hydrogen-bond acceptors (Lipinski definition) is 7. The van der Waals surface area contributed by atoms with Gasteiger partial charge in [0.05, 0.1) is 18.9 Å². The molecular weight excluding hydrogens is 465 g/mol. The highest BCUT2D eigenvalue weighted by molar-refractivity contribution is 5.82. The molecule has 1 aromatic carbocycles. The van der Waals surface area contributed by atoms with E-state index >= 15 is 0 Å². The summed E-state index contributed by atoms with van der Waals surface area (Å²) in [5.41, 5.74) is 4.51. The molecule has 0 radical (unpaired) electrons. The Hall–Kier alpha value is -3.79. The Kier molecular flexibility index (Phi) is 6.44. The number of fused-ring (bicyclic) bond motifs is 1. The van der Waals surface area contributed by atoms with Crippen molar-refractivity contribution in [2.75, 3.05) is 20.2 Å². The third-order valence-corrected chi connectivity index (χ3v) is 6.65. The van der Waals surface area contributed by atoms with E-state index in [1.54, 1.807) is 17.2 Å². The number of likely N-dealkylation sites (tertiary alicyclic amines) is 1. The maximum atomic E-state index is 14.2. The Labute approximate surface area is 207 Å². The van der Waals surface area contributed by atoms with Crippen LogP contribution < -0.4 is 4.74 Å². The van der Waals surface area contributed by atoms with Gasteiger partial charge in [-0.3, -0.25) is 4.79 Å². The molecular formula is C26H28FN5O4. The van der Waals surface area contributed by atoms with Gasteiger partial charge in [-0.2, -0.15) is 0 Å². The number of rotatable bonds is 7. The molecule has 9 nitrogen and oxygen atoms in total. The molecule has 4 heterocycles. The summed E-state index contributed by atoms with van der Waals surface area (Å²) in [7, 11) is 1.43. The normalized spacial score (nSPS) is 15.7. The molecule has 0 spiro atoms. The summed E-state index contributed by atoms with van der Waals surface area (Å²) in [6.07, 6.45) is 2.83. The Bertz CT molecular complexity index is 1410. The average molecular weight is 494 g/mol. The number of nitrogens with zero attached hydrogens (tertiary/aromatic N) is 5. The van der Waals surface area contributed by atoms with Crippen LogP contribution in [-0.4, -0.2) is 61.9 Å². The summed E-state index contributed by atoms with van der Waals surface area (Å²) in [4.78, 5) is 24.2. The second kappa shape index (κ2) is 9.69. The first-order valence-corrected chi connectivity index (χ1v) is 11.9. The molecule has 10 heteroatoms. The molecule has 1 aliphatic heterocycles.